The van der Waals surface area contributed by atoms with E-state index in [-0.39, 0.29) is 12.1 Å². The molecule has 1 saturated heterocycles. The predicted molar refractivity (Wildman–Crippen MR) is 66.5 cm³/mol. The molecule has 1 unspecified atom stereocenters. The molecule has 102 valence electrons. The lowest BCUT2D eigenvalue weighted by atomic mass is 10.1. The van der Waals surface area contributed by atoms with Crippen molar-refractivity contribution in [1.82, 2.24) is 10.2 Å². The van der Waals surface area contributed by atoms with Gasteiger partial charge in [0.05, 0.1) is 0 Å². The number of benzene rings is 1. The van der Waals surface area contributed by atoms with E-state index in [4.69, 9.17) is 5.11 Å². The molecule has 1 atom stereocenters. The number of halogens is 1. The average molecular weight is 266 g/mol. The van der Waals surface area contributed by atoms with Gasteiger partial charge in [0, 0.05) is 25.2 Å². The molecule has 2 N–H and O–H groups in total. The summed E-state index contributed by atoms with van der Waals surface area (Å²) >= 11 is 0. The van der Waals surface area contributed by atoms with Crippen LogP contribution in [0.15, 0.2) is 18.2 Å². The minimum atomic E-state index is -1.06. The fourth-order valence-electron chi connectivity index (χ4n) is 2.06. The third-order valence-electron chi connectivity index (χ3n) is 3.21. The van der Waals surface area contributed by atoms with Gasteiger partial charge in [0.1, 0.15) is 11.9 Å². The number of rotatable bonds is 2. The largest absolute Gasteiger partial charge is 0.480 e. The van der Waals surface area contributed by atoms with Crippen molar-refractivity contribution in [2.24, 2.45) is 0 Å². The minimum absolute atomic E-state index is 0.177. The van der Waals surface area contributed by atoms with Gasteiger partial charge < -0.3 is 15.3 Å². The van der Waals surface area contributed by atoms with Gasteiger partial charge in [-0.3, -0.25) is 4.79 Å². The average Bonchev–Trinajstić information content (AvgIpc) is 2.41. The van der Waals surface area contributed by atoms with Crippen LogP contribution in [0, 0.1) is 12.7 Å². The third kappa shape index (κ3) is 2.73. The number of aliphatic carboxylic acids is 1. The van der Waals surface area contributed by atoms with Crippen molar-refractivity contribution in [1.29, 1.82) is 0 Å². The van der Waals surface area contributed by atoms with Crippen LogP contribution in [0.1, 0.15) is 15.9 Å². The Kier molecular flexibility index (Phi) is 3.80. The third-order valence-corrected chi connectivity index (χ3v) is 3.21. The molecule has 1 fully saturated rings. The zero-order valence-corrected chi connectivity index (χ0v) is 10.5. The topological polar surface area (TPSA) is 69.6 Å². The van der Waals surface area contributed by atoms with Gasteiger partial charge in [0.25, 0.3) is 5.91 Å². The van der Waals surface area contributed by atoms with Gasteiger partial charge in [-0.1, -0.05) is 6.07 Å². The zero-order valence-electron chi connectivity index (χ0n) is 10.5. The summed E-state index contributed by atoms with van der Waals surface area (Å²) in [6.45, 7) is 2.64. The van der Waals surface area contributed by atoms with Crippen LogP contribution >= 0.6 is 0 Å². The highest BCUT2D eigenvalue weighted by Crippen LogP contribution is 2.14. The Morgan fingerprint density at radius 3 is 2.84 bits per heavy atom. The molecule has 5 nitrogen and oxygen atoms in total. The number of piperazine rings is 1. The highest BCUT2D eigenvalue weighted by molar-refractivity contribution is 5.96. The van der Waals surface area contributed by atoms with Gasteiger partial charge in [-0.2, -0.15) is 0 Å². The number of aryl methyl sites for hydroxylation is 1. The van der Waals surface area contributed by atoms with Crippen LogP contribution in [0.4, 0.5) is 4.39 Å². The molecular weight excluding hydrogens is 251 g/mol. The number of nitrogens with one attached hydrogen (secondary N) is 1. The maximum Gasteiger partial charge on any atom is 0.327 e. The number of carboxylic acid groups (broad SMARTS) is 1. The lowest BCUT2D eigenvalue weighted by molar-refractivity contribution is -0.142. The number of amides is 1. The van der Waals surface area contributed by atoms with E-state index < -0.39 is 23.7 Å². The Morgan fingerprint density at radius 1 is 1.47 bits per heavy atom. The van der Waals surface area contributed by atoms with E-state index in [2.05, 4.69) is 5.32 Å². The summed E-state index contributed by atoms with van der Waals surface area (Å²) in [5, 5.41) is 12.0. The van der Waals surface area contributed by atoms with E-state index in [1.807, 2.05) is 0 Å². The lowest BCUT2D eigenvalue weighted by Crippen LogP contribution is -2.57. The zero-order chi connectivity index (χ0) is 14.0. The molecule has 0 radical (unpaired) electrons. The molecule has 1 amide bonds. The Balaban J connectivity index is 2.26. The Bertz CT molecular complexity index is 519. The molecule has 1 aromatic rings. The number of carbonyl (C=O) groups is 2. The summed E-state index contributed by atoms with van der Waals surface area (Å²) in [5.41, 5.74) is 0.628. The quantitative estimate of drug-likeness (QED) is 0.824. The monoisotopic (exact) mass is 266 g/mol. The number of carbonyl (C=O) groups excluding carboxylic acids is 1. The Labute approximate surface area is 110 Å². The summed E-state index contributed by atoms with van der Waals surface area (Å²) in [5.74, 6) is -1.98. The molecule has 0 aromatic heterocycles. The summed E-state index contributed by atoms with van der Waals surface area (Å²) in [4.78, 5) is 24.6. The van der Waals surface area contributed by atoms with Crippen molar-refractivity contribution in [2.45, 2.75) is 13.0 Å². The molecule has 1 heterocycles. The molecule has 1 aliphatic heterocycles. The van der Waals surface area contributed by atoms with E-state index in [1.165, 1.54) is 17.0 Å². The highest BCUT2D eigenvalue weighted by atomic mass is 19.1. The normalized spacial score (nSPS) is 19.3. The minimum Gasteiger partial charge on any atom is -0.480 e. The maximum absolute atomic E-state index is 13.5. The van der Waals surface area contributed by atoms with Crippen molar-refractivity contribution in [3.05, 3.63) is 35.1 Å². The van der Waals surface area contributed by atoms with Crippen molar-refractivity contribution >= 4 is 11.9 Å². The smallest absolute Gasteiger partial charge is 0.327 e. The van der Waals surface area contributed by atoms with Gasteiger partial charge >= 0.3 is 5.97 Å². The van der Waals surface area contributed by atoms with Crippen LogP contribution in [-0.4, -0.2) is 47.6 Å². The first kappa shape index (κ1) is 13.5. The number of nitrogens with zero attached hydrogens (tertiary/aromatic N) is 1. The fraction of sp³-hybridized carbons (Fsp3) is 0.385. The van der Waals surface area contributed by atoms with Gasteiger partial charge in [-0.05, 0) is 24.6 Å². The first-order valence-electron chi connectivity index (χ1n) is 6.01. The van der Waals surface area contributed by atoms with E-state index in [0.29, 0.717) is 18.7 Å². The van der Waals surface area contributed by atoms with Gasteiger partial charge in [-0.15, -0.1) is 0 Å². The molecule has 0 bridgehead atoms. The van der Waals surface area contributed by atoms with Crippen molar-refractivity contribution in [3.63, 3.8) is 0 Å². The molecular formula is C13H15FN2O3. The van der Waals surface area contributed by atoms with Crippen molar-refractivity contribution in [3.8, 4) is 0 Å². The predicted octanol–water partition coefficient (Wildman–Crippen LogP) is 0.633. The van der Waals surface area contributed by atoms with Crippen LogP contribution in [-0.2, 0) is 4.79 Å². The lowest BCUT2D eigenvalue weighted by Gasteiger charge is -2.33. The molecule has 1 aromatic carbocycles. The van der Waals surface area contributed by atoms with Crippen LogP contribution in [0.2, 0.25) is 0 Å². The van der Waals surface area contributed by atoms with E-state index in [9.17, 15) is 14.0 Å². The molecule has 0 aliphatic carbocycles. The summed E-state index contributed by atoms with van der Waals surface area (Å²) in [6, 6.07) is 3.27. The molecule has 0 spiro atoms. The molecule has 6 heteroatoms. The van der Waals surface area contributed by atoms with Crippen molar-refractivity contribution in [2.75, 3.05) is 19.6 Å². The van der Waals surface area contributed by atoms with Crippen LogP contribution in [0.3, 0.4) is 0 Å². The first-order valence-corrected chi connectivity index (χ1v) is 6.01. The molecule has 2 rings (SSSR count). The standard InChI is InChI=1S/C13H15FN2O3/c1-8-2-3-9(6-10(8)14)12(17)16-5-4-15-7-11(16)13(18)19/h2-3,6,11,15H,4-5,7H2,1H3,(H,18,19). The summed E-state index contributed by atoms with van der Waals surface area (Å²) in [6.07, 6.45) is 0. The second-order valence-corrected chi connectivity index (χ2v) is 4.52. The number of carboxylic acids is 1. The molecule has 1 aliphatic rings. The number of hydrogen-bond donors (Lipinski definition) is 2. The van der Waals surface area contributed by atoms with Crippen LogP contribution < -0.4 is 5.32 Å². The molecule has 0 saturated carbocycles. The SMILES string of the molecule is Cc1ccc(C(=O)N2CCNCC2C(=O)O)cc1F. The van der Waals surface area contributed by atoms with Gasteiger partial charge in [0.2, 0.25) is 0 Å². The van der Waals surface area contributed by atoms with E-state index in [0.717, 1.165) is 6.07 Å². The second-order valence-electron chi connectivity index (χ2n) is 4.52. The summed E-state index contributed by atoms with van der Waals surface area (Å²) in [7, 11) is 0. The second kappa shape index (κ2) is 5.36. The van der Waals surface area contributed by atoms with Gasteiger partial charge in [0.15, 0.2) is 0 Å². The molecule has 19 heavy (non-hydrogen) atoms. The van der Waals surface area contributed by atoms with Gasteiger partial charge in [-0.25, -0.2) is 9.18 Å². The Hall–Kier alpha value is -1.95. The highest BCUT2D eigenvalue weighted by Gasteiger charge is 2.32. The maximum atomic E-state index is 13.5. The van der Waals surface area contributed by atoms with Crippen molar-refractivity contribution < 1.29 is 19.1 Å². The van der Waals surface area contributed by atoms with Crippen LogP contribution in [0.25, 0.3) is 0 Å². The fourth-order valence-corrected chi connectivity index (χ4v) is 2.06. The first-order chi connectivity index (χ1) is 9.00. The van der Waals surface area contributed by atoms with E-state index in [1.54, 1.807) is 6.92 Å². The number of hydrogen-bond acceptors (Lipinski definition) is 3. The van der Waals surface area contributed by atoms with E-state index >= 15 is 0 Å². The Morgan fingerprint density at radius 2 is 2.21 bits per heavy atom. The van der Waals surface area contributed by atoms with Crippen LogP contribution in [0.5, 0.6) is 0 Å². The summed E-state index contributed by atoms with van der Waals surface area (Å²) < 4.78 is 13.5.